The number of aryl methyl sites for hydroxylation is 2. The van der Waals surface area contributed by atoms with Gasteiger partial charge in [0, 0.05) is 18.6 Å². The molecule has 1 aromatic carbocycles. The van der Waals surface area contributed by atoms with Crippen LogP contribution in [0.3, 0.4) is 0 Å². The van der Waals surface area contributed by atoms with Gasteiger partial charge in [-0.25, -0.2) is 0 Å². The van der Waals surface area contributed by atoms with E-state index >= 15 is 0 Å². The molecule has 1 aliphatic rings. The molecule has 1 aliphatic heterocycles. The summed E-state index contributed by atoms with van der Waals surface area (Å²) in [5.74, 6) is 0.598. The van der Waals surface area contributed by atoms with Gasteiger partial charge in [0.1, 0.15) is 0 Å². The quantitative estimate of drug-likeness (QED) is 0.880. The molecule has 3 atom stereocenters. The summed E-state index contributed by atoms with van der Waals surface area (Å²) in [6.07, 6.45) is 2.67. The standard InChI is InChI=1S/C16H25NO/c1-5-15-13(8-9-18-15)16(17-4)14-10-11(2)6-7-12(14)3/h6-7,10,13,15-17H,5,8-9H2,1-4H3. The zero-order valence-corrected chi connectivity index (χ0v) is 12.0. The van der Waals surface area contributed by atoms with E-state index in [1.165, 1.54) is 16.7 Å². The number of hydrogen-bond acceptors (Lipinski definition) is 2. The monoisotopic (exact) mass is 247 g/mol. The van der Waals surface area contributed by atoms with Crippen LogP contribution in [0.4, 0.5) is 0 Å². The molecule has 2 rings (SSSR count). The Kier molecular flexibility index (Phi) is 4.41. The van der Waals surface area contributed by atoms with Crippen LogP contribution in [-0.2, 0) is 4.74 Å². The van der Waals surface area contributed by atoms with E-state index in [9.17, 15) is 0 Å². The van der Waals surface area contributed by atoms with Gasteiger partial charge < -0.3 is 10.1 Å². The molecule has 0 aromatic heterocycles. The third-order valence-electron chi connectivity index (χ3n) is 4.17. The molecule has 0 bridgehead atoms. The van der Waals surface area contributed by atoms with Crippen molar-refractivity contribution < 1.29 is 4.74 Å². The zero-order chi connectivity index (χ0) is 13.1. The molecule has 0 radical (unpaired) electrons. The fraction of sp³-hybridized carbons (Fsp3) is 0.625. The van der Waals surface area contributed by atoms with Crippen LogP contribution in [0.25, 0.3) is 0 Å². The molecule has 0 aliphatic carbocycles. The minimum atomic E-state index is 0.405. The molecular formula is C16H25NO. The predicted octanol–water partition coefficient (Wildman–Crippen LogP) is 3.38. The Morgan fingerprint density at radius 3 is 2.83 bits per heavy atom. The van der Waals surface area contributed by atoms with Crippen molar-refractivity contribution in [3.05, 3.63) is 34.9 Å². The van der Waals surface area contributed by atoms with Gasteiger partial charge >= 0.3 is 0 Å². The Morgan fingerprint density at radius 1 is 1.39 bits per heavy atom. The van der Waals surface area contributed by atoms with Gasteiger partial charge in [0.05, 0.1) is 6.10 Å². The predicted molar refractivity (Wildman–Crippen MR) is 75.9 cm³/mol. The van der Waals surface area contributed by atoms with Crippen LogP contribution in [-0.4, -0.2) is 19.8 Å². The summed E-state index contributed by atoms with van der Waals surface area (Å²) < 4.78 is 5.85. The summed E-state index contributed by atoms with van der Waals surface area (Å²) >= 11 is 0. The smallest absolute Gasteiger partial charge is 0.0619 e. The molecule has 1 heterocycles. The Balaban J connectivity index is 2.30. The molecule has 100 valence electrons. The summed E-state index contributed by atoms with van der Waals surface area (Å²) in [5.41, 5.74) is 4.15. The van der Waals surface area contributed by atoms with Crippen molar-refractivity contribution >= 4 is 0 Å². The fourth-order valence-electron chi connectivity index (χ4n) is 3.16. The summed E-state index contributed by atoms with van der Waals surface area (Å²) in [5, 5.41) is 3.51. The first-order valence-corrected chi connectivity index (χ1v) is 7.03. The molecule has 18 heavy (non-hydrogen) atoms. The van der Waals surface area contributed by atoms with Crippen molar-refractivity contribution in [2.45, 2.75) is 45.8 Å². The number of rotatable bonds is 4. The van der Waals surface area contributed by atoms with Gasteiger partial charge in [-0.2, -0.15) is 0 Å². The van der Waals surface area contributed by atoms with E-state index in [0.29, 0.717) is 18.1 Å². The molecule has 1 aromatic rings. The first kappa shape index (κ1) is 13.6. The molecular weight excluding hydrogens is 222 g/mol. The van der Waals surface area contributed by atoms with E-state index < -0.39 is 0 Å². The van der Waals surface area contributed by atoms with E-state index in [0.717, 1.165) is 19.4 Å². The highest BCUT2D eigenvalue weighted by atomic mass is 16.5. The molecule has 1 saturated heterocycles. The second kappa shape index (κ2) is 5.85. The van der Waals surface area contributed by atoms with Crippen molar-refractivity contribution in [1.82, 2.24) is 5.32 Å². The van der Waals surface area contributed by atoms with Gasteiger partial charge in [0.2, 0.25) is 0 Å². The van der Waals surface area contributed by atoms with Gasteiger partial charge in [0.15, 0.2) is 0 Å². The third kappa shape index (κ3) is 2.60. The third-order valence-corrected chi connectivity index (χ3v) is 4.17. The van der Waals surface area contributed by atoms with Gasteiger partial charge in [-0.1, -0.05) is 30.7 Å². The summed E-state index contributed by atoms with van der Waals surface area (Å²) in [4.78, 5) is 0. The highest BCUT2D eigenvalue weighted by molar-refractivity contribution is 5.33. The van der Waals surface area contributed by atoms with E-state index in [1.54, 1.807) is 0 Å². The van der Waals surface area contributed by atoms with E-state index in [2.05, 4.69) is 51.3 Å². The lowest BCUT2D eigenvalue weighted by Gasteiger charge is -2.28. The van der Waals surface area contributed by atoms with Crippen molar-refractivity contribution in [2.24, 2.45) is 5.92 Å². The Bertz CT molecular complexity index is 402. The SMILES string of the molecule is CCC1OCCC1C(NC)c1cc(C)ccc1C. The van der Waals surface area contributed by atoms with Crippen LogP contribution in [0.5, 0.6) is 0 Å². The van der Waals surface area contributed by atoms with Crippen molar-refractivity contribution in [1.29, 1.82) is 0 Å². The largest absolute Gasteiger partial charge is 0.378 e. The lowest BCUT2D eigenvalue weighted by molar-refractivity contribution is 0.0782. The minimum absolute atomic E-state index is 0.405. The molecule has 0 amide bonds. The maximum Gasteiger partial charge on any atom is 0.0619 e. The lowest BCUT2D eigenvalue weighted by atomic mass is 9.84. The summed E-state index contributed by atoms with van der Waals surface area (Å²) in [7, 11) is 2.07. The average Bonchev–Trinajstić information content (AvgIpc) is 2.83. The summed E-state index contributed by atoms with van der Waals surface area (Å²) in [6.45, 7) is 7.50. The van der Waals surface area contributed by atoms with Crippen LogP contribution < -0.4 is 5.32 Å². The molecule has 0 saturated carbocycles. The summed E-state index contributed by atoms with van der Waals surface area (Å²) in [6, 6.07) is 7.15. The van der Waals surface area contributed by atoms with Crippen LogP contribution >= 0.6 is 0 Å². The lowest BCUT2D eigenvalue weighted by Crippen LogP contribution is -2.31. The molecule has 1 fully saturated rings. The van der Waals surface area contributed by atoms with Crippen molar-refractivity contribution in [3.63, 3.8) is 0 Å². The van der Waals surface area contributed by atoms with Crippen molar-refractivity contribution in [2.75, 3.05) is 13.7 Å². The van der Waals surface area contributed by atoms with Gasteiger partial charge in [0.25, 0.3) is 0 Å². The van der Waals surface area contributed by atoms with E-state index in [4.69, 9.17) is 4.74 Å². The highest BCUT2D eigenvalue weighted by Gasteiger charge is 2.34. The van der Waals surface area contributed by atoms with E-state index in [1.807, 2.05) is 0 Å². The maximum atomic E-state index is 5.85. The molecule has 3 unspecified atom stereocenters. The van der Waals surface area contributed by atoms with Gasteiger partial charge in [-0.3, -0.25) is 0 Å². The van der Waals surface area contributed by atoms with Crippen molar-refractivity contribution in [3.8, 4) is 0 Å². The second-order valence-corrected chi connectivity index (χ2v) is 5.40. The Morgan fingerprint density at radius 2 is 2.17 bits per heavy atom. The molecule has 0 spiro atoms. The molecule has 2 nitrogen and oxygen atoms in total. The normalized spacial score (nSPS) is 25.3. The second-order valence-electron chi connectivity index (χ2n) is 5.40. The number of ether oxygens (including phenoxy) is 1. The Labute approximate surface area is 111 Å². The van der Waals surface area contributed by atoms with Crippen LogP contribution in [0.1, 0.15) is 42.5 Å². The topological polar surface area (TPSA) is 21.3 Å². The molecule has 2 heteroatoms. The molecule has 1 N–H and O–H groups in total. The first-order chi connectivity index (χ1) is 8.67. The number of hydrogen-bond donors (Lipinski definition) is 1. The average molecular weight is 247 g/mol. The van der Waals surface area contributed by atoms with Crippen LogP contribution in [0, 0.1) is 19.8 Å². The Hall–Kier alpha value is -0.860. The number of nitrogens with one attached hydrogen (secondary N) is 1. The number of benzene rings is 1. The minimum Gasteiger partial charge on any atom is -0.378 e. The fourth-order valence-corrected chi connectivity index (χ4v) is 3.16. The van der Waals surface area contributed by atoms with Gasteiger partial charge in [-0.05, 0) is 44.9 Å². The van der Waals surface area contributed by atoms with Crippen LogP contribution in [0.2, 0.25) is 0 Å². The maximum absolute atomic E-state index is 5.85. The van der Waals surface area contributed by atoms with E-state index in [-0.39, 0.29) is 0 Å². The zero-order valence-electron chi connectivity index (χ0n) is 12.0. The first-order valence-electron chi connectivity index (χ1n) is 7.03. The highest BCUT2D eigenvalue weighted by Crippen LogP contribution is 2.36. The van der Waals surface area contributed by atoms with Gasteiger partial charge in [-0.15, -0.1) is 0 Å². The van der Waals surface area contributed by atoms with Crippen LogP contribution in [0.15, 0.2) is 18.2 Å².